The van der Waals surface area contributed by atoms with Gasteiger partial charge in [-0.05, 0) is 6.42 Å². The van der Waals surface area contributed by atoms with Gasteiger partial charge < -0.3 is 9.84 Å². The van der Waals surface area contributed by atoms with E-state index >= 15 is 0 Å². The monoisotopic (exact) mass is 384 g/mol. The summed E-state index contributed by atoms with van der Waals surface area (Å²) in [5, 5.41) is 8.33. The zero-order valence-electron chi connectivity index (χ0n) is 10.7. The van der Waals surface area contributed by atoms with Crippen LogP contribution in [0.2, 0.25) is 0 Å². The molecule has 5 heteroatoms. The molecule has 0 amide bonds. The number of hydrogen-bond donors (Lipinski definition) is 1. The summed E-state index contributed by atoms with van der Waals surface area (Å²) in [5.41, 5.74) is 0. The maximum atomic E-state index is 10.9. The van der Waals surface area contributed by atoms with Gasteiger partial charge in [-0.1, -0.05) is 51.9 Å². The molecular formula is C13H26BaO4. The van der Waals surface area contributed by atoms with Crippen molar-refractivity contribution in [3.8, 4) is 0 Å². The van der Waals surface area contributed by atoms with E-state index in [-0.39, 0.29) is 48.9 Å². The van der Waals surface area contributed by atoms with Crippen molar-refractivity contribution in [2.24, 2.45) is 0 Å². The van der Waals surface area contributed by atoms with Gasteiger partial charge in [-0.25, -0.2) is 0 Å². The van der Waals surface area contributed by atoms with Gasteiger partial charge >= 0.3 is 60.8 Å². The standard InChI is InChI=1S/C13H24O4.Ba.2H/c1-2-3-4-5-6-7-8-9-10-17-13(16)11-12(14)15;;;/h2-11H2,1H3,(H,14,15);;;. The van der Waals surface area contributed by atoms with Gasteiger partial charge in [-0.3, -0.25) is 9.59 Å². The summed E-state index contributed by atoms with van der Waals surface area (Å²) in [6, 6.07) is 0. The molecule has 1 N–H and O–H groups in total. The van der Waals surface area contributed by atoms with Crippen LogP contribution in [-0.2, 0) is 14.3 Å². The number of unbranched alkanes of at least 4 members (excludes halogenated alkanes) is 7. The summed E-state index contributed by atoms with van der Waals surface area (Å²) in [4.78, 5) is 21.0. The van der Waals surface area contributed by atoms with Gasteiger partial charge in [0.1, 0.15) is 6.42 Å². The average Bonchev–Trinajstić information content (AvgIpc) is 2.26. The molecule has 0 saturated carbocycles. The number of carboxylic acids is 1. The number of esters is 1. The van der Waals surface area contributed by atoms with Crippen molar-refractivity contribution in [1.29, 1.82) is 0 Å². The van der Waals surface area contributed by atoms with Crippen molar-refractivity contribution in [3.05, 3.63) is 0 Å². The van der Waals surface area contributed by atoms with E-state index in [4.69, 9.17) is 9.84 Å². The minimum atomic E-state index is -1.13. The molecule has 0 aromatic carbocycles. The maximum absolute atomic E-state index is 10.9. The van der Waals surface area contributed by atoms with Crippen LogP contribution in [0.1, 0.15) is 64.7 Å². The van der Waals surface area contributed by atoms with E-state index in [9.17, 15) is 9.59 Å². The molecule has 0 aliphatic carbocycles. The van der Waals surface area contributed by atoms with Crippen molar-refractivity contribution in [3.63, 3.8) is 0 Å². The SMILES string of the molecule is CCCCCCCCCCOC(=O)CC(=O)O.[BaH2]. The summed E-state index contributed by atoms with van der Waals surface area (Å²) in [5.74, 6) is -1.77. The Kier molecular flexibility index (Phi) is 18.0. The quantitative estimate of drug-likeness (QED) is 0.257. The van der Waals surface area contributed by atoms with E-state index in [1.807, 2.05) is 0 Å². The number of rotatable bonds is 11. The van der Waals surface area contributed by atoms with Crippen LogP contribution in [0.3, 0.4) is 0 Å². The zero-order valence-corrected chi connectivity index (χ0v) is 10.7. The van der Waals surface area contributed by atoms with E-state index in [1.54, 1.807) is 0 Å². The van der Waals surface area contributed by atoms with Crippen LogP contribution < -0.4 is 0 Å². The molecule has 0 spiro atoms. The fourth-order valence-electron chi connectivity index (χ4n) is 1.60. The van der Waals surface area contributed by atoms with Crippen molar-refractivity contribution in [2.45, 2.75) is 64.7 Å². The van der Waals surface area contributed by atoms with Gasteiger partial charge in [0.2, 0.25) is 0 Å². The van der Waals surface area contributed by atoms with Crippen LogP contribution in [0, 0.1) is 0 Å². The first kappa shape index (κ1) is 20.8. The van der Waals surface area contributed by atoms with E-state index in [0.29, 0.717) is 6.61 Å². The van der Waals surface area contributed by atoms with Gasteiger partial charge in [-0.15, -0.1) is 0 Å². The topological polar surface area (TPSA) is 63.6 Å². The van der Waals surface area contributed by atoms with Crippen LogP contribution in [0.25, 0.3) is 0 Å². The molecule has 0 rings (SSSR count). The Morgan fingerprint density at radius 1 is 0.944 bits per heavy atom. The van der Waals surface area contributed by atoms with Crippen LogP contribution in [-0.4, -0.2) is 72.5 Å². The zero-order chi connectivity index (χ0) is 12.9. The predicted octanol–water partition coefficient (Wildman–Crippen LogP) is 2.23. The Hall–Kier alpha value is 0.511. The third-order valence-electron chi connectivity index (χ3n) is 2.56. The first-order chi connectivity index (χ1) is 8.16. The summed E-state index contributed by atoms with van der Waals surface area (Å²) in [7, 11) is 0. The molecule has 0 saturated heterocycles. The molecule has 18 heavy (non-hydrogen) atoms. The molecule has 0 aromatic heterocycles. The normalized spacial score (nSPS) is 9.61. The van der Waals surface area contributed by atoms with Crippen molar-refractivity contribution >= 4 is 60.8 Å². The number of carbonyl (C=O) groups excluding carboxylic acids is 1. The summed E-state index contributed by atoms with van der Waals surface area (Å²) in [6.07, 6.45) is 8.93. The molecule has 0 bridgehead atoms. The number of carboxylic acid groups (broad SMARTS) is 1. The number of ether oxygens (including phenoxy) is 1. The number of carbonyl (C=O) groups is 2. The van der Waals surface area contributed by atoms with Crippen LogP contribution in [0.4, 0.5) is 0 Å². The Bertz CT molecular complexity index is 219. The third-order valence-corrected chi connectivity index (χ3v) is 2.56. The second-order valence-corrected chi connectivity index (χ2v) is 4.27. The Morgan fingerprint density at radius 3 is 1.94 bits per heavy atom. The Balaban J connectivity index is 0. The first-order valence-electron chi connectivity index (χ1n) is 6.54. The van der Waals surface area contributed by atoms with Gasteiger partial charge in [0.25, 0.3) is 0 Å². The van der Waals surface area contributed by atoms with E-state index in [2.05, 4.69) is 6.92 Å². The Morgan fingerprint density at radius 2 is 1.44 bits per heavy atom. The summed E-state index contributed by atoms with van der Waals surface area (Å²) < 4.78 is 4.78. The van der Waals surface area contributed by atoms with Gasteiger partial charge in [0, 0.05) is 0 Å². The Labute approximate surface area is 150 Å². The fraction of sp³-hybridized carbons (Fsp3) is 0.846. The van der Waals surface area contributed by atoms with Gasteiger partial charge in [0.15, 0.2) is 0 Å². The number of aliphatic carboxylic acids is 1. The molecule has 0 fully saturated rings. The van der Waals surface area contributed by atoms with Crippen molar-refractivity contribution < 1.29 is 19.4 Å². The van der Waals surface area contributed by atoms with Crippen molar-refractivity contribution in [1.82, 2.24) is 0 Å². The minimum absolute atomic E-state index is 0. The van der Waals surface area contributed by atoms with E-state index < -0.39 is 18.4 Å². The fourth-order valence-corrected chi connectivity index (χ4v) is 1.60. The second kappa shape index (κ2) is 15.6. The van der Waals surface area contributed by atoms with Gasteiger partial charge in [0.05, 0.1) is 6.61 Å². The van der Waals surface area contributed by atoms with E-state index in [1.165, 1.54) is 38.5 Å². The molecule has 4 nitrogen and oxygen atoms in total. The molecule has 0 heterocycles. The van der Waals surface area contributed by atoms with Crippen LogP contribution in [0.15, 0.2) is 0 Å². The van der Waals surface area contributed by atoms with Crippen molar-refractivity contribution in [2.75, 3.05) is 6.61 Å². The summed E-state index contributed by atoms with van der Waals surface area (Å²) >= 11 is 0. The molecule has 0 atom stereocenters. The van der Waals surface area contributed by atoms with Crippen LogP contribution in [0.5, 0.6) is 0 Å². The average molecular weight is 384 g/mol. The van der Waals surface area contributed by atoms with E-state index in [0.717, 1.165) is 12.8 Å². The van der Waals surface area contributed by atoms with Crippen LogP contribution >= 0.6 is 0 Å². The van der Waals surface area contributed by atoms with Gasteiger partial charge in [-0.2, -0.15) is 0 Å². The predicted molar refractivity (Wildman–Crippen MR) is 74.4 cm³/mol. The third kappa shape index (κ3) is 16.5. The first-order valence-corrected chi connectivity index (χ1v) is 6.54. The second-order valence-electron chi connectivity index (χ2n) is 4.27. The summed E-state index contributed by atoms with van der Waals surface area (Å²) in [6.45, 7) is 2.55. The molecule has 0 aliphatic heterocycles. The number of hydrogen-bond acceptors (Lipinski definition) is 3. The molecular weight excluding hydrogens is 357 g/mol. The molecule has 0 unspecified atom stereocenters. The molecule has 104 valence electrons. The molecule has 0 aliphatic rings. The molecule has 0 aromatic rings. The molecule has 0 radical (unpaired) electrons.